The zero-order valence-electron chi connectivity index (χ0n) is 18.5. The van der Waals surface area contributed by atoms with Crippen molar-refractivity contribution in [3.8, 4) is 17.2 Å². The number of aromatic nitrogens is 2. The second kappa shape index (κ2) is 9.21. The molecule has 3 aromatic rings. The lowest BCUT2D eigenvalue weighted by Crippen LogP contribution is -2.47. The highest BCUT2D eigenvalue weighted by Gasteiger charge is 2.26. The number of carbonyl (C=O) groups excluding carboxylic acids is 1. The third kappa shape index (κ3) is 5.51. The molecule has 0 radical (unpaired) electrons. The van der Waals surface area contributed by atoms with E-state index < -0.39 is 0 Å². The number of hydrogen-bond acceptors (Lipinski definition) is 5. The van der Waals surface area contributed by atoms with Crippen molar-refractivity contribution >= 4 is 11.7 Å². The lowest BCUT2D eigenvalue weighted by atomic mass is 9.86. The topological polar surface area (TPSA) is 86.6 Å². The second-order valence-electron chi connectivity index (χ2n) is 8.78. The van der Waals surface area contributed by atoms with Crippen LogP contribution in [0.1, 0.15) is 26.3 Å². The third-order valence-corrected chi connectivity index (χ3v) is 5.24. The molecule has 0 bridgehead atoms. The highest BCUT2D eigenvalue weighted by atomic mass is 16.7. The van der Waals surface area contributed by atoms with Crippen LogP contribution in [0.5, 0.6) is 17.2 Å². The van der Waals surface area contributed by atoms with Crippen LogP contribution < -0.4 is 24.8 Å². The number of fused-ring (bicyclic) bond motifs is 1. The fraction of sp³-hybridized carbons (Fsp3) is 0.333. The van der Waals surface area contributed by atoms with Crippen molar-refractivity contribution in [2.75, 3.05) is 12.1 Å². The molecule has 2 aromatic carbocycles. The standard InChI is InChI=1S/C24H28N4O4/c1-24(2,3)22(13-28-10-9-25-15-28)27-23(29)26-18-6-4-5-17(11-18)14-30-19-7-8-20-21(12-19)32-16-31-20/h4-12,15,22H,13-14,16H2,1-3H3,(H2,26,27,29)/t22-/m0/s1. The summed E-state index contributed by atoms with van der Waals surface area (Å²) in [4.78, 5) is 16.8. The van der Waals surface area contributed by atoms with Crippen molar-refractivity contribution in [3.63, 3.8) is 0 Å². The normalized spacial score (nSPS) is 13.5. The van der Waals surface area contributed by atoms with E-state index in [2.05, 4.69) is 36.4 Å². The lowest BCUT2D eigenvalue weighted by Gasteiger charge is -2.31. The Labute approximate surface area is 187 Å². The van der Waals surface area contributed by atoms with Crippen molar-refractivity contribution in [3.05, 3.63) is 66.7 Å². The Kier molecular flexibility index (Phi) is 6.20. The summed E-state index contributed by atoms with van der Waals surface area (Å²) in [6, 6.07) is 12.7. The van der Waals surface area contributed by atoms with E-state index in [-0.39, 0.29) is 24.3 Å². The van der Waals surface area contributed by atoms with Crippen LogP contribution in [0.25, 0.3) is 0 Å². The Morgan fingerprint density at radius 2 is 2.03 bits per heavy atom. The molecule has 1 aliphatic heterocycles. The highest BCUT2D eigenvalue weighted by molar-refractivity contribution is 5.89. The van der Waals surface area contributed by atoms with Crippen LogP contribution in [0.2, 0.25) is 0 Å². The van der Waals surface area contributed by atoms with Crippen LogP contribution in [0.4, 0.5) is 10.5 Å². The Balaban J connectivity index is 1.34. The van der Waals surface area contributed by atoms with Gasteiger partial charge in [-0.05, 0) is 35.2 Å². The van der Waals surface area contributed by atoms with Gasteiger partial charge in [0.05, 0.1) is 12.4 Å². The molecule has 0 aliphatic carbocycles. The summed E-state index contributed by atoms with van der Waals surface area (Å²) in [5.41, 5.74) is 1.51. The first kappa shape index (κ1) is 21.5. The molecule has 1 atom stereocenters. The first-order valence-electron chi connectivity index (χ1n) is 10.5. The number of nitrogens with one attached hydrogen (secondary N) is 2. The minimum atomic E-state index is -0.251. The molecule has 2 amide bonds. The van der Waals surface area contributed by atoms with Crippen LogP contribution in [0.15, 0.2) is 61.2 Å². The number of urea groups is 1. The van der Waals surface area contributed by atoms with Crippen molar-refractivity contribution in [1.82, 2.24) is 14.9 Å². The number of carbonyl (C=O) groups is 1. The Hall–Kier alpha value is -3.68. The first-order valence-corrected chi connectivity index (χ1v) is 10.5. The van der Waals surface area contributed by atoms with E-state index in [1.165, 1.54) is 0 Å². The van der Waals surface area contributed by atoms with Crippen LogP contribution in [-0.2, 0) is 13.2 Å². The highest BCUT2D eigenvalue weighted by Crippen LogP contribution is 2.35. The van der Waals surface area contributed by atoms with Gasteiger partial charge in [0.25, 0.3) is 0 Å². The minimum absolute atomic E-state index is 0.0748. The van der Waals surface area contributed by atoms with E-state index in [9.17, 15) is 4.79 Å². The molecule has 1 aromatic heterocycles. The maximum atomic E-state index is 12.7. The van der Waals surface area contributed by atoms with Gasteiger partial charge in [0.1, 0.15) is 12.4 Å². The summed E-state index contributed by atoms with van der Waals surface area (Å²) in [6.45, 7) is 7.53. The van der Waals surface area contributed by atoms with Crippen molar-refractivity contribution in [2.45, 2.75) is 40.0 Å². The number of amides is 2. The molecule has 0 saturated heterocycles. The van der Waals surface area contributed by atoms with Crippen LogP contribution in [0, 0.1) is 5.41 Å². The van der Waals surface area contributed by atoms with Gasteiger partial charge in [0, 0.05) is 30.7 Å². The quantitative estimate of drug-likeness (QED) is 0.572. The van der Waals surface area contributed by atoms with Gasteiger partial charge in [0.15, 0.2) is 11.5 Å². The van der Waals surface area contributed by atoms with E-state index in [4.69, 9.17) is 14.2 Å². The SMILES string of the molecule is CC(C)(C)[C@H](Cn1ccnc1)NC(=O)Nc1cccc(COc2ccc3c(c2)OCO3)c1. The largest absolute Gasteiger partial charge is 0.489 e. The predicted octanol–water partition coefficient (Wildman–Crippen LogP) is 4.43. The first-order chi connectivity index (χ1) is 15.4. The molecule has 32 heavy (non-hydrogen) atoms. The van der Waals surface area contributed by atoms with E-state index >= 15 is 0 Å². The van der Waals surface area contributed by atoms with E-state index in [1.54, 1.807) is 12.5 Å². The van der Waals surface area contributed by atoms with Gasteiger partial charge in [-0.25, -0.2) is 9.78 Å². The van der Waals surface area contributed by atoms with Gasteiger partial charge >= 0.3 is 6.03 Å². The molecular formula is C24H28N4O4. The predicted molar refractivity (Wildman–Crippen MR) is 121 cm³/mol. The molecule has 0 unspecified atom stereocenters. The van der Waals surface area contributed by atoms with E-state index in [1.807, 2.05) is 53.2 Å². The summed E-state index contributed by atoms with van der Waals surface area (Å²) in [5, 5.41) is 6.02. The van der Waals surface area contributed by atoms with E-state index in [0.717, 1.165) is 11.3 Å². The van der Waals surface area contributed by atoms with Crippen molar-refractivity contribution in [2.24, 2.45) is 5.41 Å². The van der Waals surface area contributed by atoms with Gasteiger partial charge in [-0.15, -0.1) is 0 Å². The summed E-state index contributed by atoms with van der Waals surface area (Å²) in [7, 11) is 0. The molecule has 1 aliphatic rings. The molecular weight excluding hydrogens is 408 g/mol. The number of nitrogens with zero attached hydrogens (tertiary/aromatic N) is 2. The minimum Gasteiger partial charge on any atom is -0.489 e. The number of benzene rings is 2. The molecule has 0 saturated carbocycles. The summed E-state index contributed by atoms with van der Waals surface area (Å²) in [5.74, 6) is 2.09. The molecule has 8 heteroatoms. The van der Waals surface area contributed by atoms with Crippen LogP contribution in [0.3, 0.4) is 0 Å². The number of imidazole rings is 1. The lowest BCUT2D eigenvalue weighted by molar-refractivity contribution is 0.173. The van der Waals surface area contributed by atoms with Gasteiger partial charge in [0.2, 0.25) is 6.79 Å². The summed E-state index contributed by atoms with van der Waals surface area (Å²) < 4.78 is 18.5. The zero-order valence-corrected chi connectivity index (χ0v) is 18.5. The fourth-order valence-corrected chi connectivity index (χ4v) is 3.34. The second-order valence-corrected chi connectivity index (χ2v) is 8.78. The van der Waals surface area contributed by atoms with Gasteiger partial charge < -0.3 is 29.4 Å². The average molecular weight is 437 g/mol. The van der Waals surface area contributed by atoms with Crippen LogP contribution >= 0.6 is 0 Å². The third-order valence-electron chi connectivity index (χ3n) is 5.24. The average Bonchev–Trinajstić information content (AvgIpc) is 3.43. The molecule has 0 fully saturated rings. The fourth-order valence-electron chi connectivity index (χ4n) is 3.34. The number of rotatable bonds is 7. The van der Waals surface area contributed by atoms with Gasteiger partial charge in [-0.3, -0.25) is 0 Å². The Bertz CT molecular complexity index is 1060. The molecule has 2 heterocycles. The van der Waals surface area contributed by atoms with Crippen LogP contribution in [-0.4, -0.2) is 28.4 Å². The Morgan fingerprint density at radius 1 is 1.19 bits per heavy atom. The molecule has 4 rings (SSSR count). The number of ether oxygens (including phenoxy) is 3. The number of hydrogen-bond donors (Lipinski definition) is 2. The van der Waals surface area contributed by atoms with Gasteiger partial charge in [-0.2, -0.15) is 0 Å². The zero-order chi connectivity index (χ0) is 22.6. The maximum absolute atomic E-state index is 12.7. The smallest absolute Gasteiger partial charge is 0.319 e. The molecule has 168 valence electrons. The summed E-state index contributed by atoms with van der Waals surface area (Å²) in [6.07, 6.45) is 5.38. The summed E-state index contributed by atoms with van der Waals surface area (Å²) >= 11 is 0. The molecule has 8 nitrogen and oxygen atoms in total. The molecule has 2 N–H and O–H groups in total. The Morgan fingerprint density at radius 3 is 2.81 bits per heavy atom. The molecule has 0 spiro atoms. The van der Waals surface area contributed by atoms with Gasteiger partial charge in [-0.1, -0.05) is 32.9 Å². The number of anilines is 1. The monoisotopic (exact) mass is 436 g/mol. The van der Waals surface area contributed by atoms with E-state index in [0.29, 0.717) is 30.3 Å². The van der Waals surface area contributed by atoms with Crippen molar-refractivity contribution < 1.29 is 19.0 Å². The maximum Gasteiger partial charge on any atom is 0.319 e. The van der Waals surface area contributed by atoms with Crippen molar-refractivity contribution in [1.29, 1.82) is 0 Å².